The quantitative estimate of drug-likeness (QED) is 0.123. The Morgan fingerprint density at radius 1 is 0.705 bits per heavy atom. The molecule has 0 N–H and O–H groups in total. The molecule has 0 aliphatic heterocycles. The number of aryl methyl sites for hydroxylation is 2. The third kappa shape index (κ3) is 10.1. The second-order valence-electron chi connectivity index (χ2n) is 13.4. The van der Waals surface area contributed by atoms with Crippen molar-refractivity contribution in [2.75, 3.05) is 0 Å². The van der Waals surface area contributed by atoms with Gasteiger partial charge in [0.1, 0.15) is 0 Å². The average Bonchev–Trinajstić information content (AvgIpc) is 3.63. The van der Waals surface area contributed by atoms with E-state index in [0.717, 1.165) is 36.7 Å². The van der Waals surface area contributed by atoms with Crippen LogP contribution in [-0.4, -0.2) is 3.26 Å². The number of allylic oxidation sites excluding steroid dienone is 4. The van der Waals surface area contributed by atoms with Crippen LogP contribution in [-0.2, 0) is 41.1 Å². The van der Waals surface area contributed by atoms with Crippen molar-refractivity contribution in [1.29, 1.82) is 0 Å². The Kier molecular flexibility index (Phi) is 14.0. The second kappa shape index (κ2) is 16.3. The SMILES string of the molecule is CC(C)(C)c1[c-]c2c(cc1)-c1ccc(C(C)(C)C)cc1C2.Cc1cccc([C](=[Hf+2])c2cccc(C)c2)c1.Cl.Cl.[C-]1=CC=CC1. The minimum absolute atomic E-state index is 0. The molecule has 0 aromatic heterocycles. The molecule has 0 heterocycles. The first kappa shape index (κ1) is 37.9. The minimum atomic E-state index is 0. The van der Waals surface area contributed by atoms with Crippen molar-refractivity contribution >= 4 is 28.1 Å². The van der Waals surface area contributed by atoms with Gasteiger partial charge in [-0.15, -0.1) is 42.4 Å². The molecule has 44 heavy (non-hydrogen) atoms. The van der Waals surface area contributed by atoms with Crippen LogP contribution < -0.4 is 0 Å². The van der Waals surface area contributed by atoms with Crippen molar-refractivity contribution in [1.82, 2.24) is 0 Å². The number of benzene rings is 4. The summed E-state index contributed by atoms with van der Waals surface area (Å²) in [5.41, 5.74) is 14.1. The second-order valence-corrected chi connectivity index (χ2v) is 15.2. The summed E-state index contributed by atoms with van der Waals surface area (Å²) in [6, 6.07) is 32.7. The zero-order valence-electron chi connectivity index (χ0n) is 27.5. The summed E-state index contributed by atoms with van der Waals surface area (Å²) in [4.78, 5) is 0. The van der Waals surface area contributed by atoms with Gasteiger partial charge >= 0.3 is 112 Å². The number of hydrogen-bond acceptors (Lipinski definition) is 0. The Labute approximate surface area is 294 Å². The van der Waals surface area contributed by atoms with Gasteiger partial charge in [0, 0.05) is 0 Å². The third-order valence-corrected chi connectivity index (χ3v) is 9.74. The Morgan fingerprint density at radius 3 is 1.75 bits per heavy atom. The van der Waals surface area contributed by atoms with Crippen molar-refractivity contribution in [3.05, 3.63) is 154 Å². The van der Waals surface area contributed by atoms with E-state index in [2.05, 4.69) is 152 Å². The number of halogens is 2. The zero-order chi connectivity index (χ0) is 30.5. The van der Waals surface area contributed by atoms with Gasteiger partial charge < -0.3 is 0 Å². The average molecular weight is 788 g/mol. The third-order valence-electron chi connectivity index (χ3n) is 7.66. The Hall–Kier alpha value is -2.32. The maximum atomic E-state index is 3.67. The van der Waals surface area contributed by atoms with E-state index >= 15 is 0 Å². The largest absolute Gasteiger partial charge is 0.273 e. The van der Waals surface area contributed by atoms with Crippen LogP contribution in [0.5, 0.6) is 0 Å². The summed E-state index contributed by atoms with van der Waals surface area (Å²) in [7, 11) is 0. The van der Waals surface area contributed by atoms with Gasteiger partial charge in [-0.25, -0.2) is 12.2 Å². The van der Waals surface area contributed by atoms with Gasteiger partial charge in [0.2, 0.25) is 0 Å². The van der Waals surface area contributed by atoms with Crippen LogP contribution in [0.3, 0.4) is 0 Å². The van der Waals surface area contributed by atoms with Crippen LogP contribution in [0.4, 0.5) is 0 Å². The van der Waals surface area contributed by atoms with Gasteiger partial charge in [0.25, 0.3) is 0 Å². The molecule has 2 aliphatic rings. The monoisotopic (exact) mass is 788 g/mol. The molecule has 0 amide bonds. The van der Waals surface area contributed by atoms with Gasteiger partial charge in [0.05, 0.1) is 0 Å². The van der Waals surface area contributed by atoms with Crippen molar-refractivity contribution in [3.8, 4) is 11.1 Å². The van der Waals surface area contributed by atoms with Gasteiger partial charge in [-0.3, -0.25) is 6.08 Å². The summed E-state index contributed by atoms with van der Waals surface area (Å²) >= 11 is 1.08. The van der Waals surface area contributed by atoms with Gasteiger partial charge in [-0.1, -0.05) is 65.3 Å². The van der Waals surface area contributed by atoms with E-state index in [1.54, 1.807) is 0 Å². The smallest absolute Gasteiger partial charge is 0.109 e. The Balaban J connectivity index is 0.000000260. The van der Waals surface area contributed by atoms with Gasteiger partial charge in [-0.05, 0) is 28.4 Å². The maximum absolute atomic E-state index is 3.67. The summed E-state index contributed by atoms with van der Waals surface area (Å²) in [6.07, 6.45) is 11.0. The van der Waals surface area contributed by atoms with Gasteiger partial charge in [-0.2, -0.15) is 29.8 Å². The maximum Gasteiger partial charge on any atom is -0.109 e. The molecule has 3 heteroatoms. The molecule has 0 nitrogen and oxygen atoms in total. The van der Waals surface area contributed by atoms with Crippen LogP contribution in [0.25, 0.3) is 11.1 Å². The fourth-order valence-electron chi connectivity index (χ4n) is 5.14. The van der Waals surface area contributed by atoms with Gasteiger partial charge in [0.15, 0.2) is 0 Å². The van der Waals surface area contributed by atoms with Crippen LogP contribution in [0, 0.1) is 26.0 Å². The topological polar surface area (TPSA) is 0 Å². The molecule has 2 aliphatic carbocycles. The molecule has 228 valence electrons. The van der Waals surface area contributed by atoms with Crippen molar-refractivity contribution in [3.63, 3.8) is 0 Å². The first-order chi connectivity index (χ1) is 19.8. The summed E-state index contributed by atoms with van der Waals surface area (Å²) in [5.74, 6) is 0. The Morgan fingerprint density at radius 2 is 1.30 bits per heavy atom. The summed E-state index contributed by atoms with van der Waals surface area (Å²) in [6.45, 7) is 17.9. The fraction of sp³-hybridized carbons (Fsp3) is 0.293. The zero-order valence-corrected chi connectivity index (χ0v) is 32.7. The molecule has 0 radical (unpaired) electrons. The summed E-state index contributed by atoms with van der Waals surface area (Å²) in [5, 5.41) is 0. The minimum Gasteiger partial charge on any atom is -0.273 e. The van der Waals surface area contributed by atoms with Crippen LogP contribution in [0.1, 0.15) is 92.5 Å². The first-order valence-corrected chi connectivity index (χ1v) is 16.8. The predicted molar refractivity (Wildman–Crippen MR) is 193 cm³/mol. The first-order valence-electron chi connectivity index (χ1n) is 15.0. The normalized spacial score (nSPS) is 12.4. The van der Waals surface area contributed by atoms with Crippen molar-refractivity contribution in [2.24, 2.45) is 0 Å². The van der Waals surface area contributed by atoms with Crippen molar-refractivity contribution in [2.45, 2.75) is 79.1 Å². The van der Waals surface area contributed by atoms with Crippen LogP contribution >= 0.6 is 24.8 Å². The van der Waals surface area contributed by atoms with E-state index in [0.29, 0.717) is 0 Å². The molecule has 4 aromatic carbocycles. The number of hydrogen-bond donors (Lipinski definition) is 0. The molecule has 0 spiro atoms. The van der Waals surface area contributed by atoms with E-state index < -0.39 is 0 Å². The van der Waals surface area contributed by atoms with E-state index in [-0.39, 0.29) is 35.6 Å². The molecule has 0 saturated heterocycles. The molecule has 0 saturated carbocycles. The summed E-state index contributed by atoms with van der Waals surface area (Å²) < 4.78 is 1.48. The van der Waals surface area contributed by atoms with E-state index in [1.165, 1.54) is 58.9 Å². The van der Waals surface area contributed by atoms with Crippen molar-refractivity contribution < 1.29 is 23.9 Å². The molecule has 6 rings (SSSR count). The van der Waals surface area contributed by atoms with Crippen LogP contribution in [0.15, 0.2) is 97.1 Å². The molecule has 4 aromatic rings. The van der Waals surface area contributed by atoms with E-state index in [9.17, 15) is 0 Å². The fourth-order valence-corrected chi connectivity index (χ4v) is 6.25. The van der Waals surface area contributed by atoms with E-state index in [4.69, 9.17) is 0 Å². The standard InChI is InChI=1S/C21H25.C15H14.C5H5.2ClH.Hf/c1-20(2,3)16-7-9-18-14(12-16)11-15-13-17(21(4,5)6)8-10-19(15)18;1-12-5-3-7-14(9-12)11-15-8-4-6-13(2)10-15;1-2-4-5-3-1;;;/h7-10,12H,11H2,1-6H3;3-10H,1-2H3;1-3H,4H2;2*1H;/q-1;;-1;;;+2. The number of rotatable bonds is 2. The van der Waals surface area contributed by atoms with Crippen LogP contribution in [0.2, 0.25) is 0 Å². The molecular formula is C41H46Cl2Hf. The number of fused-ring (bicyclic) bond motifs is 3. The Bertz CT molecular complexity index is 1510. The van der Waals surface area contributed by atoms with E-state index in [1.807, 2.05) is 12.2 Å². The molecule has 0 unspecified atom stereocenters. The molecule has 0 atom stereocenters. The molecular weight excluding hydrogens is 742 g/mol. The molecule has 0 fully saturated rings. The predicted octanol–water partition coefficient (Wildman–Crippen LogP) is 11.2. The molecule has 0 bridgehead atoms.